The van der Waals surface area contributed by atoms with Gasteiger partial charge in [0.15, 0.2) is 5.69 Å². The molecule has 0 fully saturated rings. The smallest absolute Gasteiger partial charge is 0.356 e. The van der Waals surface area contributed by atoms with Gasteiger partial charge in [-0.2, -0.15) is 0 Å². The molecule has 17 heavy (non-hydrogen) atoms. The van der Waals surface area contributed by atoms with E-state index in [4.69, 9.17) is 0 Å². The van der Waals surface area contributed by atoms with Gasteiger partial charge in [0.25, 0.3) is 0 Å². The van der Waals surface area contributed by atoms with Gasteiger partial charge in [-0.3, -0.25) is 0 Å². The lowest BCUT2D eigenvalue weighted by atomic mass is 10.1. The molecule has 0 bridgehead atoms. The van der Waals surface area contributed by atoms with Gasteiger partial charge in [-0.25, -0.2) is 14.6 Å². The summed E-state index contributed by atoms with van der Waals surface area (Å²) >= 11 is 0. The molecule has 0 unspecified atom stereocenters. The van der Waals surface area contributed by atoms with Crippen LogP contribution in [-0.4, -0.2) is 31.1 Å². The van der Waals surface area contributed by atoms with Crippen molar-refractivity contribution >= 4 is 11.9 Å². The molecule has 1 rings (SSSR count). The average molecular weight is 235 g/mol. The van der Waals surface area contributed by atoms with Crippen molar-refractivity contribution in [3.8, 4) is 0 Å². The van der Waals surface area contributed by atoms with E-state index in [1.165, 1.54) is 20.4 Å². The van der Waals surface area contributed by atoms with Crippen LogP contribution in [-0.2, 0) is 15.9 Å². The summed E-state index contributed by atoms with van der Waals surface area (Å²) in [6, 6.07) is 1.55. The topological polar surface area (TPSA) is 65.5 Å². The fourth-order valence-corrected chi connectivity index (χ4v) is 1.33. The van der Waals surface area contributed by atoms with Gasteiger partial charge in [-0.15, -0.1) is 6.58 Å². The van der Waals surface area contributed by atoms with E-state index in [9.17, 15) is 9.59 Å². The highest BCUT2D eigenvalue weighted by Crippen LogP contribution is 2.12. The van der Waals surface area contributed by atoms with Gasteiger partial charge in [-0.1, -0.05) is 6.08 Å². The molecule has 0 saturated heterocycles. The van der Waals surface area contributed by atoms with Gasteiger partial charge in [0, 0.05) is 6.20 Å². The molecule has 5 heteroatoms. The van der Waals surface area contributed by atoms with E-state index in [1.54, 1.807) is 12.1 Å². The van der Waals surface area contributed by atoms with Gasteiger partial charge in [0.1, 0.15) is 0 Å². The van der Waals surface area contributed by atoms with E-state index < -0.39 is 11.9 Å². The summed E-state index contributed by atoms with van der Waals surface area (Å²) in [6.45, 7) is 3.58. The summed E-state index contributed by atoms with van der Waals surface area (Å²) in [5.41, 5.74) is 1.05. The van der Waals surface area contributed by atoms with Crippen molar-refractivity contribution in [1.82, 2.24) is 4.98 Å². The third-order valence-corrected chi connectivity index (χ3v) is 2.13. The predicted molar refractivity (Wildman–Crippen MR) is 60.8 cm³/mol. The number of esters is 2. The number of ether oxygens (including phenoxy) is 2. The Hall–Kier alpha value is -2.17. The van der Waals surface area contributed by atoms with Crippen LogP contribution >= 0.6 is 0 Å². The predicted octanol–water partition coefficient (Wildman–Crippen LogP) is 1.38. The first-order valence-electron chi connectivity index (χ1n) is 4.90. The Morgan fingerprint density at radius 1 is 1.35 bits per heavy atom. The number of hydrogen-bond donors (Lipinski definition) is 0. The number of carbonyl (C=O) groups is 2. The van der Waals surface area contributed by atoms with Crippen molar-refractivity contribution in [3.63, 3.8) is 0 Å². The maximum Gasteiger partial charge on any atom is 0.356 e. The van der Waals surface area contributed by atoms with E-state index in [2.05, 4.69) is 21.0 Å². The van der Waals surface area contributed by atoms with Crippen LogP contribution in [0.5, 0.6) is 0 Å². The van der Waals surface area contributed by atoms with E-state index in [-0.39, 0.29) is 11.3 Å². The molecular weight excluding hydrogens is 222 g/mol. The molecule has 5 nitrogen and oxygen atoms in total. The SMILES string of the molecule is C=CCc1cc(C(=O)OC)cnc1C(=O)OC. The maximum atomic E-state index is 11.4. The molecule has 0 atom stereocenters. The Kier molecular flexibility index (Phi) is 4.39. The molecule has 0 aliphatic carbocycles. The van der Waals surface area contributed by atoms with Crippen molar-refractivity contribution in [3.05, 3.63) is 41.7 Å². The minimum atomic E-state index is -0.543. The Labute approximate surface area is 99.1 Å². The Balaban J connectivity index is 3.20. The zero-order valence-electron chi connectivity index (χ0n) is 9.73. The summed E-state index contributed by atoms with van der Waals surface area (Å²) in [6.07, 6.45) is 3.32. The van der Waals surface area contributed by atoms with Crippen LogP contribution < -0.4 is 0 Å². The van der Waals surface area contributed by atoms with Gasteiger partial charge in [-0.05, 0) is 18.1 Å². The average Bonchev–Trinajstić information content (AvgIpc) is 2.37. The summed E-state index contributed by atoms with van der Waals surface area (Å²) in [7, 11) is 2.56. The summed E-state index contributed by atoms with van der Waals surface area (Å²) in [4.78, 5) is 26.7. The Morgan fingerprint density at radius 3 is 2.53 bits per heavy atom. The largest absolute Gasteiger partial charge is 0.465 e. The molecule has 1 aromatic heterocycles. The zero-order chi connectivity index (χ0) is 12.8. The standard InChI is InChI=1S/C12H13NO4/c1-4-5-8-6-9(11(14)16-2)7-13-10(8)12(15)17-3/h4,6-7H,1,5H2,2-3H3. The second kappa shape index (κ2) is 5.79. The zero-order valence-corrected chi connectivity index (χ0v) is 9.73. The number of rotatable bonds is 4. The Bertz CT molecular complexity index is 454. The minimum Gasteiger partial charge on any atom is -0.465 e. The van der Waals surface area contributed by atoms with Crippen LogP contribution in [0.3, 0.4) is 0 Å². The van der Waals surface area contributed by atoms with E-state index >= 15 is 0 Å². The fraction of sp³-hybridized carbons (Fsp3) is 0.250. The van der Waals surface area contributed by atoms with Crippen molar-refractivity contribution in [2.45, 2.75) is 6.42 Å². The first-order valence-corrected chi connectivity index (χ1v) is 4.90. The molecule has 0 N–H and O–H groups in total. The molecule has 1 aromatic rings. The third kappa shape index (κ3) is 2.90. The van der Waals surface area contributed by atoms with Crippen molar-refractivity contribution < 1.29 is 19.1 Å². The second-order valence-corrected chi connectivity index (χ2v) is 3.21. The van der Waals surface area contributed by atoms with Gasteiger partial charge in [0.2, 0.25) is 0 Å². The quantitative estimate of drug-likeness (QED) is 0.582. The highest BCUT2D eigenvalue weighted by atomic mass is 16.5. The van der Waals surface area contributed by atoms with Crippen LogP contribution in [0.1, 0.15) is 26.4 Å². The molecule has 0 amide bonds. The first-order chi connectivity index (χ1) is 8.13. The van der Waals surface area contributed by atoms with Crippen LogP contribution in [0.15, 0.2) is 24.9 Å². The lowest BCUT2D eigenvalue weighted by Gasteiger charge is -2.06. The van der Waals surface area contributed by atoms with Gasteiger partial charge >= 0.3 is 11.9 Å². The summed E-state index contributed by atoms with van der Waals surface area (Å²) < 4.78 is 9.17. The first kappa shape index (κ1) is 12.9. The molecule has 0 aliphatic rings. The van der Waals surface area contributed by atoms with E-state index in [0.29, 0.717) is 12.0 Å². The van der Waals surface area contributed by atoms with Crippen molar-refractivity contribution in [2.75, 3.05) is 14.2 Å². The number of hydrogen-bond acceptors (Lipinski definition) is 5. The number of methoxy groups -OCH3 is 2. The normalized spacial score (nSPS) is 9.53. The minimum absolute atomic E-state index is 0.181. The van der Waals surface area contributed by atoms with E-state index in [1.807, 2.05) is 0 Å². The summed E-state index contributed by atoms with van der Waals surface area (Å²) in [5.74, 6) is -1.04. The number of aromatic nitrogens is 1. The molecule has 0 aliphatic heterocycles. The van der Waals surface area contributed by atoms with Crippen LogP contribution in [0.4, 0.5) is 0 Å². The number of pyridine rings is 1. The third-order valence-electron chi connectivity index (χ3n) is 2.13. The van der Waals surface area contributed by atoms with Crippen molar-refractivity contribution in [2.24, 2.45) is 0 Å². The molecule has 0 spiro atoms. The monoisotopic (exact) mass is 235 g/mol. The summed E-state index contributed by atoms with van der Waals surface area (Å²) in [5, 5.41) is 0. The number of carbonyl (C=O) groups excluding carboxylic acids is 2. The van der Waals surface area contributed by atoms with Crippen LogP contribution in [0.25, 0.3) is 0 Å². The highest BCUT2D eigenvalue weighted by Gasteiger charge is 2.16. The molecular formula is C12H13NO4. The Morgan fingerprint density at radius 2 is 2.00 bits per heavy atom. The van der Waals surface area contributed by atoms with Crippen molar-refractivity contribution in [1.29, 1.82) is 0 Å². The molecule has 0 radical (unpaired) electrons. The van der Waals surface area contributed by atoms with E-state index in [0.717, 1.165) is 0 Å². The highest BCUT2D eigenvalue weighted by molar-refractivity contribution is 5.92. The molecule has 1 heterocycles. The molecule has 90 valence electrons. The lowest BCUT2D eigenvalue weighted by Crippen LogP contribution is -2.11. The van der Waals surface area contributed by atoms with Crippen LogP contribution in [0.2, 0.25) is 0 Å². The molecule has 0 aromatic carbocycles. The fourth-order valence-electron chi connectivity index (χ4n) is 1.33. The van der Waals surface area contributed by atoms with Crippen LogP contribution in [0, 0.1) is 0 Å². The second-order valence-electron chi connectivity index (χ2n) is 3.21. The van der Waals surface area contributed by atoms with Gasteiger partial charge in [0.05, 0.1) is 19.8 Å². The number of nitrogens with zero attached hydrogens (tertiary/aromatic N) is 1. The molecule has 0 saturated carbocycles. The maximum absolute atomic E-state index is 11.4. The number of allylic oxidation sites excluding steroid dienone is 1. The lowest BCUT2D eigenvalue weighted by molar-refractivity contribution is 0.0580. The van der Waals surface area contributed by atoms with Gasteiger partial charge < -0.3 is 9.47 Å².